The molecule has 6 nitrogen and oxygen atoms in total. The molecule has 1 atom stereocenters. The fourth-order valence-corrected chi connectivity index (χ4v) is 4.42. The number of ether oxygens (including phenoxy) is 2. The Balaban J connectivity index is 1.89. The zero-order chi connectivity index (χ0) is 21.0. The van der Waals surface area contributed by atoms with Crippen molar-refractivity contribution in [1.82, 2.24) is 9.62 Å². The molecule has 3 rings (SSSR count). The van der Waals surface area contributed by atoms with Gasteiger partial charge in [0.1, 0.15) is 0 Å². The largest absolute Gasteiger partial charge is 0.493 e. The summed E-state index contributed by atoms with van der Waals surface area (Å²) >= 11 is 0. The van der Waals surface area contributed by atoms with E-state index in [4.69, 9.17) is 9.47 Å². The normalized spacial score (nSPS) is 12.9. The van der Waals surface area contributed by atoms with E-state index in [0.717, 1.165) is 16.3 Å². The monoisotopic (exact) mass is 414 g/mol. The first-order valence-corrected chi connectivity index (χ1v) is 10.7. The average Bonchev–Trinajstić information content (AvgIpc) is 2.73. The molecule has 0 heterocycles. The minimum Gasteiger partial charge on any atom is -0.493 e. The van der Waals surface area contributed by atoms with Gasteiger partial charge in [-0.2, -0.15) is 0 Å². The van der Waals surface area contributed by atoms with Crippen LogP contribution in [0, 0.1) is 0 Å². The molecule has 0 radical (unpaired) electrons. The zero-order valence-electron chi connectivity index (χ0n) is 17.0. The van der Waals surface area contributed by atoms with E-state index in [-0.39, 0.29) is 17.5 Å². The van der Waals surface area contributed by atoms with Crippen LogP contribution in [0.5, 0.6) is 11.5 Å². The van der Waals surface area contributed by atoms with Crippen LogP contribution in [-0.2, 0) is 10.0 Å². The van der Waals surface area contributed by atoms with Crippen molar-refractivity contribution >= 4 is 20.8 Å². The number of nitrogens with one attached hydrogen (secondary N) is 1. The molecule has 1 unspecified atom stereocenters. The van der Waals surface area contributed by atoms with Crippen LogP contribution in [0.1, 0.15) is 11.6 Å². The van der Waals surface area contributed by atoms with E-state index < -0.39 is 10.0 Å². The molecular weight excluding hydrogens is 388 g/mol. The summed E-state index contributed by atoms with van der Waals surface area (Å²) in [4.78, 5) is 2.14. The van der Waals surface area contributed by atoms with Gasteiger partial charge in [-0.3, -0.25) is 0 Å². The summed E-state index contributed by atoms with van der Waals surface area (Å²) in [5.74, 6) is 0.849. The molecular formula is C22H26N2O4S. The van der Waals surface area contributed by atoms with Crippen molar-refractivity contribution < 1.29 is 17.9 Å². The summed E-state index contributed by atoms with van der Waals surface area (Å²) in [5, 5.41) is 2.23. The lowest BCUT2D eigenvalue weighted by molar-refractivity contribution is 0.301. The Morgan fingerprint density at radius 1 is 0.931 bits per heavy atom. The molecule has 3 aromatic carbocycles. The van der Waals surface area contributed by atoms with Crippen LogP contribution < -0.4 is 14.2 Å². The fourth-order valence-electron chi connectivity index (χ4n) is 3.37. The molecule has 3 aromatic rings. The van der Waals surface area contributed by atoms with Gasteiger partial charge >= 0.3 is 0 Å². The minimum absolute atomic E-state index is 0.129. The van der Waals surface area contributed by atoms with Gasteiger partial charge in [0.05, 0.1) is 19.1 Å². The topological polar surface area (TPSA) is 67.9 Å². The van der Waals surface area contributed by atoms with Gasteiger partial charge in [0.25, 0.3) is 0 Å². The van der Waals surface area contributed by atoms with E-state index in [9.17, 15) is 8.42 Å². The SMILES string of the molecule is COc1ccc(S(=O)(=O)NCC(c2cccc3ccccc23)N(C)C)cc1OC. The van der Waals surface area contributed by atoms with Crippen LogP contribution >= 0.6 is 0 Å². The third-order valence-corrected chi connectivity index (χ3v) is 6.36. The van der Waals surface area contributed by atoms with Crippen molar-refractivity contribution in [2.75, 3.05) is 34.9 Å². The molecule has 0 aliphatic rings. The number of nitrogens with zero attached hydrogens (tertiary/aromatic N) is 1. The molecule has 0 saturated carbocycles. The Labute approximate surface area is 172 Å². The van der Waals surface area contributed by atoms with Gasteiger partial charge in [-0.1, -0.05) is 42.5 Å². The predicted octanol–water partition coefficient (Wildman–Crippen LogP) is 3.44. The summed E-state index contributed by atoms with van der Waals surface area (Å²) < 4.78 is 38.9. The Hall–Kier alpha value is -2.61. The maximum Gasteiger partial charge on any atom is 0.240 e. The number of hydrogen-bond donors (Lipinski definition) is 1. The summed E-state index contributed by atoms with van der Waals surface area (Å²) in [5.41, 5.74) is 1.07. The first-order chi connectivity index (χ1) is 13.9. The molecule has 0 saturated heterocycles. The molecule has 0 aromatic heterocycles. The van der Waals surface area contributed by atoms with Gasteiger partial charge < -0.3 is 14.4 Å². The fraction of sp³-hybridized carbons (Fsp3) is 0.273. The average molecular weight is 415 g/mol. The van der Waals surface area contributed by atoms with Crippen LogP contribution in [0.2, 0.25) is 0 Å². The predicted molar refractivity (Wildman–Crippen MR) is 115 cm³/mol. The van der Waals surface area contributed by atoms with Crippen molar-refractivity contribution in [2.24, 2.45) is 0 Å². The first-order valence-electron chi connectivity index (χ1n) is 9.23. The highest BCUT2D eigenvalue weighted by molar-refractivity contribution is 7.89. The van der Waals surface area contributed by atoms with Crippen LogP contribution in [0.3, 0.4) is 0 Å². The number of hydrogen-bond acceptors (Lipinski definition) is 5. The molecule has 0 bridgehead atoms. The third-order valence-electron chi connectivity index (χ3n) is 4.94. The van der Waals surface area contributed by atoms with Gasteiger partial charge in [0, 0.05) is 18.7 Å². The molecule has 0 amide bonds. The molecule has 0 aliphatic carbocycles. The van der Waals surface area contributed by atoms with Crippen molar-refractivity contribution in [3.63, 3.8) is 0 Å². The Morgan fingerprint density at radius 3 is 2.31 bits per heavy atom. The maximum atomic E-state index is 12.9. The molecule has 1 N–H and O–H groups in total. The Kier molecular flexibility index (Phi) is 6.42. The number of sulfonamides is 1. The van der Waals surface area contributed by atoms with Gasteiger partial charge in [-0.25, -0.2) is 13.1 Å². The molecule has 29 heavy (non-hydrogen) atoms. The van der Waals surface area contributed by atoms with E-state index in [0.29, 0.717) is 11.5 Å². The standard InChI is InChI=1S/C22H26N2O4S/c1-24(2)20(19-11-7-9-16-8-5-6-10-18(16)19)15-23-29(25,26)17-12-13-21(27-3)22(14-17)28-4/h5-14,20,23H,15H2,1-4H3. The second kappa shape index (κ2) is 8.82. The van der Waals surface area contributed by atoms with Crippen LogP contribution in [-0.4, -0.2) is 48.2 Å². The lowest BCUT2D eigenvalue weighted by Crippen LogP contribution is -2.34. The van der Waals surface area contributed by atoms with Gasteiger partial charge in [0.15, 0.2) is 11.5 Å². The molecule has 0 fully saturated rings. The summed E-state index contributed by atoms with van der Waals surface area (Å²) in [6.07, 6.45) is 0. The first kappa shape index (κ1) is 21.1. The quantitative estimate of drug-likeness (QED) is 0.612. The highest BCUT2D eigenvalue weighted by atomic mass is 32.2. The Bertz CT molecular complexity index is 1090. The van der Waals surface area contributed by atoms with Gasteiger partial charge in [-0.15, -0.1) is 0 Å². The molecule has 0 aliphatic heterocycles. The number of fused-ring (bicyclic) bond motifs is 1. The van der Waals surface area contributed by atoms with Gasteiger partial charge in [-0.05, 0) is 42.6 Å². The third kappa shape index (κ3) is 4.53. The van der Waals surface area contributed by atoms with Crippen LogP contribution in [0.25, 0.3) is 10.8 Å². The number of benzene rings is 3. The smallest absolute Gasteiger partial charge is 0.240 e. The number of methoxy groups -OCH3 is 2. The second-order valence-corrected chi connectivity index (χ2v) is 8.68. The van der Waals surface area contributed by atoms with Crippen molar-refractivity contribution in [2.45, 2.75) is 10.9 Å². The number of likely N-dealkylation sites (N-methyl/N-ethyl adjacent to an activating group) is 1. The van der Waals surface area contributed by atoms with E-state index >= 15 is 0 Å². The highest BCUT2D eigenvalue weighted by Crippen LogP contribution is 2.30. The lowest BCUT2D eigenvalue weighted by Gasteiger charge is -2.26. The maximum absolute atomic E-state index is 12.9. The second-order valence-electron chi connectivity index (χ2n) is 6.92. The summed E-state index contributed by atoms with van der Waals surface area (Å²) in [6, 6.07) is 18.6. The van der Waals surface area contributed by atoms with Crippen molar-refractivity contribution in [3.8, 4) is 11.5 Å². The lowest BCUT2D eigenvalue weighted by atomic mass is 9.98. The molecule has 154 valence electrons. The summed E-state index contributed by atoms with van der Waals surface area (Å²) in [7, 11) is 3.15. The molecule has 7 heteroatoms. The zero-order valence-corrected chi connectivity index (χ0v) is 17.9. The Morgan fingerprint density at radius 2 is 1.62 bits per heavy atom. The van der Waals surface area contributed by atoms with E-state index in [1.165, 1.54) is 26.4 Å². The van der Waals surface area contributed by atoms with Crippen molar-refractivity contribution in [1.29, 1.82) is 0 Å². The number of rotatable bonds is 8. The van der Waals surface area contributed by atoms with E-state index in [1.807, 2.05) is 43.3 Å². The molecule has 0 spiro atoms. The van der Waals surface area contributed by atoms with Crippen molar-refractivity contribution in [3.05, 3.63) is 66.2 Å². The van der Waals surface area contributed by atoms with Crippen LogP contribution in [0.4, 0.5) is 0 Å². The van der Waals surface area contributed by atoms with E-state index in [1.54, 1.807) is 6.07 Å². The van der Waals surface area contributed by atoms with E-state index in [2.05, 4.69) is 22.9 Å². The van der Waals surface area contributed by atoms with Gasteiger partial charge in [0.2, 0.25) is 10.0 Å². The highest BCUT2D eigenvalue weighted by Gasteiger charge is 2.22. The van der Waals surface area contributed by atoms with Crippen LogP contribution in [0.15, 0.2) is 65.6 Å². The summed E-state index contributed by atoms with van der Waals surface area (Å²) in [6.45, 7) is 0.234. The minimum atomic E-state index is -3.72.